The van der Waals surface area contributed by atoms with Crippen molar-refractivity contribution in [2.75, 3.05) is 31.6 Å². The summed E-state index contributed by atoms with van der Waals surface area (Å²) in [4.78, 5) is 2.49. The molecule has 5 rings (SSSR count). The van der Waals surface area contributed by atoms with Crippen LogP contribution in [0.25, 0.3) is 0 Å². The minimum atomic E-state index is 0.420. The summed E-state index contributed by atoms with van der Waals surface area (Å²) in [6, 6.07) is 20.7. The average molecular weight is 436 g/mol. The molecule has 2 aliphatic heterocycles. The average Bonchev–Trinajstić information content (AvgIpc) is 3.35. The van der Waals surface area contributed by atoms with Crippen LogP contribution in [-0.4, -0.2) is 50.8 Å². The summed E-state index contributed by atoms with van der Waals surface area (Å²) in [6.45, 7) is 4.41. The maximum atomic E-state index is 4.07. The summed E-state index contributed by atoms with van der Waals surface area (Å²) >= 11 is 2.12. The highest BCUT2D eigenvalue weighted by Crippen LogP contribution is 2.44. The van der Waals surface area contributed by atoms with Gasteiger partial charge >= 0.3 is 0 Å². The smallest absolute Gasteiger partial charge is 0.138 e. The van der Waals surface area contributed by atoms with Crippen LogP contribution in [0.4, 0.5) is 5.69 Å². The zero-order valence-corrected chi connectivity index (χ0v) is 19.0. The highest BCUT2D eigenvalue weighted by Gasteiger charge is 2.34. The van der Waals surface area contributed by atoms with Gasteiger partial charge in [0.1, 0.15) is 12.9 Å². The van der Waals surface area contributed by atoms with Gasteiger partial charge in [-0.15, -0.1) is 5.10 Å². The van der Waals surface area contributed by atoms with Gasteiger partial charge in [-0.25, -0.2) is 4.68 Å². The summed E-state index contributed by atoms with van der Waals surface area (Å²) in [5.74, 6) is 0. The summed E-state index contributed by atoms with van der Waals surface area (Å²) in [6.07, 6.45) is 6.47. The maximum absolute atomic E-state index is 4.07. The summed E-state index contributed by atoms with van der Waals surface area (Å²) in [7, 11) is 2.40. The Kier molecular flexibility index (Phi) is 5.96. The molecule has 6 nitrogen and oxygen atoms in total. The zero-order valence-electron chi connectivity index (χ0n) is 18.2. The molecular formula is C24H31N6S+. The number of nitrogens with zero attached hydrogens (tertiary/aromatic N) is 6. The van der Waals surface area contributed by atoms with Gasteiger partial charge in [-0.1, -0.05) is 42.5 Å². The van der Waals surface area contributed by atoms with Crippen LogP contribution in [0.5, 0.6) is 0 Å². The lowest BCUT2D eigenvalue weighted by atomic mass is 10.0. The number of piperidine rings is 1. The SMILES string of the molecule is C[N+]1(Cc2ccc(N3CCC(n4cnnn4)CC3)cc2)CCCC(c2ccccc2)S1. The molecule has 2 fully saturated rings. The predicted molar refractivity (Wildman–Crippen MR) is 126 cm³/mol. The minimum Gasteiger partial charge on any atom is -0.371 e. The largest absolute Gasteiger partial charge is 0.371 e. The van der Waals surface area contributed by atoms with Crippen LogP contribution in [0.1, 0.15) is 48.1 Å². The maximum Gasteiger partial charge on any atom is 0.138 e. The van der Waals surface area contributed by atoms with E-state index in [-0.39, 0.29) is 0 Å². The molecule has 2 unspecified atom stereocenters. The predicted octanol–water partition coefficient (Wildman–Crippen LogP) is 4.64. The quantitative estimate of drug-likeness (QED) is 0.431. The number of anilines is 1. The molecule has 0 spiro atoms. The number of quaternary nitrogens is 1. The van der Waals surface area contributed by atoms with Crippen molar-refractivity contribution in [2.45, 2.75) is 43.5 Å². The molecule has 0 N–H and O–H groups in total. The summed E-state index contributed by atoms with van der Waals surface area (Å²) in [5, 5.41) is 12.2. The molecule has 2 atom stereocenters. The molecule has 2 aliphatic rings. The molecule has 0 radical (unpaired) electrons. The Morgan fingerprint density at radius 3 is 2.48 bits per heavy atom. The van der Waals surface area contributed by atoms with E-state index in [0.29, 0.717) is 11.3 Å². The molecule has 3 aromatic rings. The third-order valence-corrected chi connectivity index (χ3v) is 8.26. The van der Waals surface area contributed by atoms with Gasteiger partial charge in [0, 0.05) is 24.3 Å². The van der Waals surface area contributed by atoms with E-state index < -0.39 is 0 Å². The zero-order chi connectivity index (χ0) is 21.1. The molecular weight excluding hydrogens is 404 g/mol. The molecule has 0 aliphatic carbocycles. The third kappa shape index (κ3) is 4.77. The first-order valence-electron chi connectivity index (χ1n) is 11.3. The fourth-order valence-electron chi connectivity index (χ4n) is 4.96. The van der Waals surface area contributed by atoms with Gasteiger partial charge < -0.3 is 4.90 Å². The summed E-state index contributed by atoms with van der Waals surface area (Å²) in [5.41, 5.74) is 4.23. The molecule has 0 saturated carbocycles. The van der Waals surface area contributed by atoms with E-state index in [9.17, 15) is 0 Å². The number of tetrazole rings is 1. The molecule has 3 heterocycles. The lowest BCUT2D eigenvalue weighted by molar-refractivity contribution is -0.791. The van der Waals surface area contributed by atoms with E-state index in [1.54, 1.807) is 6.33 Å². The Morgan fingerprint density at radius 1 is 1.00 bits per heavy atom. The first-order chi connectivity index (χ1) is 15.2. The molecule has 31 heavy (non-hydrogen) atoms. The Bertz CT molecular complexity index is 954. The molecule has 7 heteroatoms. The lowest BCUT2D eigenvalue weighted by Gasteiger charge is -2.39. The normalized spacial score (nSPS) is 24.9. The van der Waals surface area contributed by atoms with Crippen LogP contribution in [-0.2, 0) is 6.54 Å². The van der Waals surface area contributed by atoms with Crippen LogP contribution in [0, 0.1) is 0 Å². The van der Waals surface area contributed by atoms with Gasteiger partial charge in [-0.05, 0) is 53.8 Å². The van der Waals surface area contributed by atoms with E-state index in [4.69, 9.17) is 0 Å². The second-order valence-corrected chi connectivity index (χ2v) is 10.7. The van der Waals surface area contributed by atoms with Crippen molar-refractivity contribution >= 4 is 17.6 Å². The number of hydrogen-bond acceptors (Lipinski definition) is 5. The lowest BCUT2D eigenvalue weighted by Crippen LogP contribution is -2.40. The first kappa shape index (κ1) is 20.5. The van der Waals surface area contributed by atoms with Gasteiger partial charge in [-0.2, -0.15) is 0 Å². The number of rotatable bonds is 5. The van der Waals surface area contributed by atoms with Gasteiger partial charge in [-0.3, -0.25) is 3.89 Å². The molecule has 2 saturated heterocycles. The van der Waals surface area contributed by atoms with Crippen molar-refractivity contribution in [3.05, 3.63) is 72.1 Å². The van der Waals surface area contributed by atoms with Crippen molar-refractivity contribution in [3.8, 4) is 0 Å². The number of benzene rings is 2. The highest BCUT2D eigenvalue weighted by atomic mass is 32.2. The highest BCUT2D eigenvalue weighted by molar-refractivity contribution is 7.94. The van der Waals surface area contributed by atoms with Crippen molar-refractivity contribution < 1.29 is 3.89 Å². The molecule has 0 amide bonds. The van der Waals surface area contributed by atoms with E-state index in [0.717, 1.165) is 36.4 Å². The van der Waals surface area contributed by atoms with Crippen LogP contribution in [0.3, 0.4) is 0 Å². The van der Waals surface area contributed by atoms with Gasteiger partial charge in [0.15, 0.2) is 0 Å². The Labute approximate surface area is 189 Å². The third-order valence-electron chi connectivity index (χ3n) is 6.67. The van der Waals surface area contributed by atoms with Crippen LogP contribution >= 0.6 is 11.9 Å². The monoisotopic (exact) mass is 435 g/mol. The van der Waals surface area contributed by atoms with Crippen molar-refractivity contribution in [1.82, 2.24) is 20.2 Å². The second kappa shape index (κ2) is 9.01. The molecule has 2 aromatic carbocycles. The van der Waals surface area contributed by atoms with E-state index in [1.165, 1.54) is 36.2 Å². The molecule has 162 valence electrons. The fourth-order valence-corrected chi connectivity index (χ4v) is 6.58. The van der Waals surface area contributed by atoms with Gasteiger partial charge in [0.05, 0.1) is 36.8 Å². The fraction of sp³-hybridized carbons (Fsp3) is 0.458. The van der Waals surface area contributed by atoms with Crippen molar-refractivity contribution in [1.29, 1.82) is 0 Å². The first-order valence-corrected chi connectivity index (χ1v) is 12.2. The van der Waals surface area contributed by atoms with E-state index in [2.05, 4.69) is 94.0 Å². The van der Waals surface area contributed by atoms with Crippen LogP contribution in [0.2, 0.25) is 0 Å². The van der Waals surface area contributed by atoms with E-state index >= 15 is 0 Å². The van der Waals surface area contributed by atoms with E-state index in [1.807, 2.05) is 4.68 Å². The Balaban J connectivity index is 1.19. The van der Waals surface area contributed by atoms with Gasteiger partial charge in [0.2, 0.25) is 0 Å². The second-order valence-electron chi connectivity index (χ2n) is 9.00. The standard InChI is InChI=1S/C24H31N6S/c1-30(17-5-8-24(31-30)21-6-3-2-4-7-21)18-20-9-11-22(12-10-20)28-15-13-23(14-16-28)29-19-25-26-27-29/h2-4,6-7,9-12,19,23-24H,5,8,13-18H2,1H3/q+1. The minimum absolute atomic E-state index is 0.420. The Hall–Kier alpha value is -2.38. The van der Waals surface area contributed by atoms with Crippen molar-refractivity contribution in [3.63, 3.8) is 0 Å². The van der Waals surface area contributed by atoms with Crippen LogP contribution < -0.4 is 4.90 Å². The summed E-state index contributed by atoms with van der Waals surface area (Å²) < 4.78 is 2.96. The molecule has 0 bridgehead atoms. The van der Waals surface area contributed by atoms with Gasteiger partial charge in [0.25, 0.3) is 0 Å². The van der Waals surface area contributed by atoms with Crippen LogP contribution in [0.15, 0.2) is 60.9 Å². The number of aromatic nitrogens is 4. The number of hydrogen-bond donors (Lipinski definition) is 0. The van der Waals surface area contributed by atoms with Crippen molar-refractivity contribution in [2.24, 2.45) is 0 Å². The Morgan fingerprint density at radius 2 is 1.77 bits per heavy atom. The topological polar surface area (TPSA) is 46.8 Å². The molecule has 1 aromatic heterocycles.